The first-order valence-electron chi connectivity index (χ1n) is 5.74. The van der Waals surface area contributed by atoms with E-state index < -0.39 is 16.6 Å². The van der Waals surface area contributed by atoms with Crippen molar-refractivity contribution in [2.24, 2.45) is 0 Å². The minimum Gasteiger partial charge on any atom is -0.478 e. The van der Waals surface area contributed by atoms with Crippen molar-refractivity contribution in [3.05, 3.63) is 33.9 Å². The maximum Gasteiger partial charge on any atom is 0.335 e. The van der Waals surface area contributed by atoms with E-state index in [9.17, 15) is 19.7 Å². The van der Waals surface area contributed by atoms with E-state index in [2.05, 4.69) is 5.32 Å². The van der Waals surface area contributed by atoms with Crippen LogP contribution >= 0.6 is 11.8 Å². The number of benzene rings is 1. The summed E-state index contributed by atoms with van der Waals surface area (Å²) in [5, 5.41) is 22.4. The number of hydrogen-bond acceptors (Lipinski definition) is 5. The molecule has 20 heavy (non-hydrogen) atoms. The molecular formula is C12H14N2O5S. The number of aromatic carboxylic acids is 1. The predicted octanol–water partition coefficient (Wildman–Crippen LogP) is 2.37. The van der Waals surface area contributed by atoms with Gasteiger partial charge < -0.3 is 10.4 Å². The van der Waals surface area contributed by atoms with Crippen molar-refractivity contribution < 1.29 is 19.6 Å². The molecule has 7 nitrogen and oxygen atoms in total. The molecule has 0 heterocycles. The summed E-state index contributed by atoms with van der Waals surface area (Å²) in [4.78, 5) is 32.6. The lowest BCUT2D eigenvalue weighted by molar-refractivity contribution is -0.384. The molecule has 108 valence electrons. The Balaban J connectivity index is 2.92. The summed E-state index contributed by atoms with van der Waals surface area (Å²) in [7, 11) is 0. The summed E-state index contributed by atoms with van der Waals surface area (Å²) in [6.45, 7) is 3.87. The number of carbonyl (C=O) groups excluding carboxylic acids is 1. The average Bonchev–Trinajstić information content (AvgIpc) is 2.36. The van der Waals surface area contributed by atoms with Crippen molar-refractivity contribution in [1.29, 1.82) is 0 Å². The summed E-state index contributed by atoms with van der Waals surface area (Å²) in [6, 6.07) is 3.35. The number of carbonyl (C=O) groups is 2. The van der Waals surface area contributed by atoms with Crippen LogP contribution in [0.4, 0.5) is 11.4 Å². The maximum absolute atomic E-state index is 11.6. The Morgan fingerprint density at radius 2 is 2.10 bits per heavy atom. The molecule has 1 aromatic rings. The minimum absolute atomic E-state index is 0.00523. The molecule has 0 aromatic heterocycles. The van der Waals surface area contributed by atoms with Gasteiger partial charge in [-0.05, 0) is 17.4 Å². The van der Waals surface area contributed by atoms with Crippen LogP contribution in [0.2, 0.25) is 0 Å². The van der Waals surface area contributed by atoms with Gasteiger partial charge in [-0.2, -0.15) is 0 Å². The van der Waals surface area contributed by atoms with E-state index in [0.29, 0.717) is 0 Å². The molecule has 1 aromatic carbocycles. The monoisotopic (exact) mass is 298 g/mol. The smallest absolute Gasteiger partial charge is 0.335 e. The number of amides is 1. The Morgan fingerprint density at radius 1 is 1.45 bits per heavy atom. The summed E-state index contributed by atoms with van der Waals surface area (Å²) in [6.07, 6.45) is 0. The zero-order chi connectivity index (χ0) is 15.3. The van der Waals surface area contributed by atoms with Gasteiger partial charge in [-0.25, -0.2) is 4.79 Å². The zero-order valence-corrected chi connectivity index (χ0v) is 11.8. The lowest BCUT2D eigenvalue weighted by atomic mass is 10.1. The average molecular weight is 298 g/mol. The first kappa shape index (κ1) is 16.0. The van der Waals surface area contributed by atoms with Crippen molar-refractivity contribution in [2.75, 3.05) is 11.1 Å². The molecule has 8 heteroatoms. The van der Waals surface area contributed by atoms with Crippen LogP contribution in [0.3, 0.4) is 0 Å². The number of anilines is 1. The Labute approximate surface area is 119 Å². The summed E-state index contributed by atoms with van der Waals surface area (Å²) in [5.41, 5.74) is -0.645. The summed E-state index contributed by atoms with van der Waals surface area (Å²) >= 11 is 1.40. The van der Waals surface area contributed by atoms with Crippen LogP contribution in [0.15, 0.2) is 18.2 Å². The van der Waals surface area contributed by atoms with E-state index >= 15 is 0 Å². The van der Waals surface area contributed by atoms with Gasteiger partial charge in [0.05, 0.1) is 16.2 Å². The van der Waals surface area contributed by atoms with Crippen LogP contribution in [-0.4, -0.2) is 32.9 Å². The highest BCUT2D eigenvalue weighted by Gasteiger charge is 2.18. The fourth-order valence-electron chi connectivity index (χ4n) is 1.35. The molecule has 0 bridgehead atoms. The molecule has 0 spiro atoms. The number of hydrogen-bond donors (Lipinski definition) is 2. The number of carboxylic acid groups (broad SMARTS) is 1. The highest BCUT2D eigenvalue weighted by atomic mass is 32.2. The van der Waals surface area contributed by atoms with Gasteiger partial charge in [0.25, 0.3) is 5.69 Å². The van der Waals surface area contributed by atoms with E-state index in [1.165, 1.54) is 23.9 Å². The van der Waals surface area contributed by atoms with Crippen LogP contribution in [-0.2, 0) is 4.79 Å². The Kier molecular flexibility index (Phi) is 5.51. The SMILES string of the molecule is CC(C)SCC(=O)Nc1ccc(C(=O)O)cc1[N+](=O)[O-]. The molecule has 0 aliphatic carbocycles. The van der Waals surface area contributed by atoms with Crippen molar-refractivity contribution in [3.63, 3.8) is 0 Å². The van der Waals surface area contributed by atoms with Crippen molar-refractivity contribution in [1.82, 2.24) is 0 Å². The quantitative estimate of drug-likeness (QED) is 0.616. The number of nitro groups is 1. The molecule has 0 aliphatic heterocycles. The molecule has 1 rings (SSSR count). The van der Waals surface area contributed by atoms with Crippen molar-refractivity contribution in [2.45, 2.75) is 19.1 Å². The first-order chi connectivity index (χ1) is 9.31. The number of nitrogens with one attached hydrogen (secondary N) is 1. The maximum atomic E-state index is 11.6. The number of nitro benzene ring substituents is 1. The molecule has 0 saturated heterocycles. The third kappa shape index (κ3) is 4.54. The first-order valence-corrected chi connectivity index (χ1v) is 6.79. The van der Waals surface area contributed by atoms with Crippen LogP contribution in [0.1, 0.15) is 24.2 Å². The molecule has 0 unspecified atom stereocenters. The standard InChI is InChI=1S/C12H14N2O5S/c1-7(2)20-6-11(15)13-9-4-3-8(12(16)17)5-10(9)14(18)19/h3-5,7H,6H2,1-2H3,(H,13,15)(H,16,17). The van der Waals surface area contributed by atoms with Crippen molar-refractivity contribution >= 4 is 35.0 Å². The fraction of sp³-hybridized carbons (Fsp3) is 0.333. The van der Waals surface area contributed by atoms with Crippen LogP contribution in [0.25, 0.3) is 0 Å². The Bertz CT molecular complexity index is 545. The van der Waals surface area contributed by atoms with Gasteiger partial charge in [-0.1, -0.05) is 13.8 Å². The molecule has 0 aliphatic rings. The number of rotatable bonds is 6. The minimum atomic E-state index is -1.26. The number of carboxylic acids is 1. The van der Waals surface area contributed by atoms with Gasteiger partial charge in [0.2, 0.25) is 5.91 Å². The third-order valence-corrected chi connectivity index (χ3v) is 3.36. The second-order valence-electron chi connectivity index (χ2n) is 4.20. The Morgan fingerprint density at radius 3 is 2.60 bits per heavy atom. The largest absolute Gasteiger partial charge is 0.478 e. The van der Waals surface area contributed by atoms with Crippen LogP contribution < -0.4 is 5.32 Å². The lowest BCUT2D eigenvalue weighted by Gasteiger charge is -2.07. The van der Waals surface area contributed by atoms with Gasteiger partial charge in [0, 0.05) is 6.07 Å². The van der Waals surface area contributed by atoms with Gasteiger partial charge >= 0.3 is 5.97 Å². The second-order valence-corrected chi connectivity index (χ2v) is 5.77. The van der Waals surface area contributed by atoms with E-state index in [-0.39, 0.29) is 28.2 Å². The highest BCUT2D eigenvalue weighted by Crippen LogP contribution is 2.26. The van der Waals surface area contributed by atoms with Gasteiger partial charge in [0.15, 0.2) is 0 Å². The lowest BCUT2D eigenvalue weighted by Crippen LogP contribution is -2.16. The number of thioether (sulfide) groups is 1. The van der Waals surface area contributed by atoms with E-state index in [0.717, 1.165) is 6.07 Å². The van der Waals surface area contributed by atoms with Gasteiger partial charge in [-0.3, -0.25) is 14.9 Å². The summed E-state index contributed by atoms with van der Waals surface area (Å²) < 4.78 is 0. The van der Waals surface area contributed by atoms with E-state index in [1.807, 2.05) is 13.8 Å². The highest BCUT2D eigenvalue weighted by molar-refractivity contribution is 8.00. The number of nitrogens with zero attached hydrogens (tertiary/aromatic N) is 1. The normalized spacial score (nSPS) is 10.3. The zero-order valence-electron chi connectivity index (χ0n) is 11.0. The van der Waals surface area contributed by atoms with E-state index in [1.54, 1.807) is 0 Å². The molecule has 1 amide bonds. The van der Waals surface area contributed by atoms with Gasteiger partial charge in [0.1, 0.15) is 5.69 Å². The predicted molar refractivity (Wildman–Crippen MR) is 76.3 cm³/mol. The third-order valence-electron chi connectivity index (χ3n) is 2.26. The fourth-order valence-corrected chi connectivity index (χ4v) is 1.91. The van der Waals surface area contributed by atoms with Gasteiger partial charge in [-0.15, -0.1) is 11.8 Å². The van der Waals surface area contributed by atoms with Crippen LogP contribution in [0, 0.1) is 10.1 Å². The Hall–Kier alpha value is -2.09. The summed E-state index contributed by atoms with van der Waals surface area (Å²) in [5.74, 6) is -1.45. The van der Waals surface area contributed by atoms with Crippen molar-refractivity contribution in [3.8, 4) is 0 Å². The second kappa shape index (κ2) is 6.90. The molecule has 0 radical (unpaired) electrons. The van der Waals surface area contributed by atoms with E-state index in [4.69, 9.17) is 5.11 Å². The molecule has 0 fully saturated rings. The molecule has 0 saturated carbocycles. The molecule has 2 N–H and O–H groups in total. The topological polar surface area (TPSA) is 110 Å². The molecule has 0 atom stereocenters. The molecular weight excluding hydrogens is 284 g/mol. The van der Waals surface area contributed by atoms with Crippen LogP contribution in [0.5, 0.6) is 0 Å².